The molecule has 1 fully saturated rings. The van der Waals surface area contributed by atoms with Crippen LogP contribution >= 0.6 is 11.6 Å². The summed E-state index contributed by atoms with van der Waals surface area (Å²) in [7, 11) is 1.61. The summed E-state index contributed by atoms with van der Waals surface area (Å²) >= 11 is 6.01. The minimum Gasteiger partial charge on any atom is -0.444 e. The van der Waals surface area contributed by atoms with Crippen LogP contribution in [0.25, 0.3) is 0 Å². The van der Waals surface area contributed by atoms with Crippen LogP contribution in [-0.2, 0) is 15.1 Å². The number of hydrogen-bond donors (Lipinski definition) is 1. The van der Waals surface area contributed by atoms with Gasteiger partial charge in [-0.3, -0.25) is 9.69 Å². The summed E-state index contributed by atoms with van der Waals surface area (Å²) in [6.07, 6.45) is -0.123. The number of rotatable bonds is 4. The van der Waals surface area contributed by atoms with Gasteiger partial charge >= 0.3 is 6.09 Å². The molecule has 1 aliphatic rings. The van der Waals surface area contributed by atoms with Crippen molar-refractivity contribution in [1.82, 2.24) is 9.80 Å². The number of likely N-dealkylation sites (tertiary alicyclic amines) is 1. The third-order valence-corrected chi connectivity index (χ3v) is 6.32. The summed E-state index contributed by atoms with van der Waals surface area (Å²) in [5, 5.41) is 12.2. The fourth-order valence-electron chi connectivity index (χ4n) is 4.30. The summed E-state index contributed by atoms with van der Waals surface area (Å²) in [4.78, 5) is 29.3. The molecule has 7 heteroatoms. The number of aliphatic hydroxyl groups is 1. The first-order valence-corrected chi connectivity index (χ1v) is 11.2. The minimum atomic E-state index is -1.08. The Balaban J connectivity index is 2.23. The van der Waals surface area contributed by atoms with Crippen LogP contribution in [0.3, 0.4) is 0 Å². The highest BCUT2D eigenvalue weighted by Crippen LogP contribution is 2.46. The maximum absolute atomic E-state index is 13.5. The van der Waals surface area contributed by atoms with E-state index in [0.717, 1.165) is 5.56 Å². The second-order valence-corrected chi connectivity index (χ2v) is 11.0. The molecule has 1 N–H and O–H groups in total. The Morgan fingerprint density at radius 1 is 1.19 bits per heavy atom. The highest BCUT2D eigenvalue weighted by Gasteiger charge is 2.50. The summed E-state index contributed by atoms with van der Waals surface area (Å²) in [6, 6.07) is 6.58. The van der Waals surface area contributed by atoms with Crippen LogP contribution in [0.1, 0.15) is 60.5 Å². The Kier molecular flexibility index (Phi) is 7.38. The molecule has 1 heterocycles. The van der Waals surface area contributed by atoms with Gasteiger partial charge in [0.05, 0.1) is 5.60 Å². The molecule has 2 rings (SSSR count). The van der Waals surface area contributed by atoms with Crippen LogP contribution < -0.4 is 0 Å². The second-order valence-electron chi connectivity index (χ2n) is 10.5. The van der Waals surface area contributed by atoms with E-state index in [4.69, 9.17) is 16.3 Å². The molecule has 0 saturated carbocycles. The van der Waals surface area contributed by atoms with Gasteiger partial charge in [0.2, 0.25) is 5.91 Å². The van der Waals surface area contributed by atoms with E-state index >= 15 is 0 Å². The summed E-state index contributed by atoms with van der Waals surface area (Å²) in [5.74, 6) is -0.222. The lowest BCUT2D eigenvalue weighted by Crippen LogP contribution is -2.60. The van der Waals surface area contributed by atoms with E-state index < -0.39 is 28.8 Å². The molecule has 1 aromatic carbocycles. The van der Waals surface area contributed by atoms with Crippen molar-refractivity contribution in [3.63, 3.8) is 0 Å². The summed E-state index contributed by atoms with van der Waals surface area (Å²) in [6.45, 7) is 13.9. The number of piperidine rings is 1. The lowest BCUT2D eigenvalue weighted by molar-refractivity contribution is -0.158. The van der Waals surface area contributed by atoms with Gasteiger partial charge in [0.25, 0.3) is 0 Å². The molecule has 0 aromatic heterocycles. The van der Waals surface area contributed by atoms with Crippen molar-refractivity contribution in [3.05, 3.63) is 34.9 Å². The lowest BCUT2D eigenvalue weighted by Gasteiger charge is -2.51. The molecule has 2 amide bonds. The number of carbonyl (C=O) groups excluding carboxylic acids is 2. The van der Waals surface area contributed by atoms with Gasteiger partial charge in [-0.15, -0.1) is 0 Å². The molecule has 0 radical (unpaired) electrons. The molecule has 0 spiro atoms. The zero-order chi connectivity index (χ0) is 23.8. The number of hydrogen-bond acceptors (Lipinski definition) is 4. The average Bonchev–Trinajstić information content (AvgIpc) is 2.62. The Morgan fingerprint density at radius 2 is 1.74 bits per heavy atom. The first kappa shape index (κ1) is 25.5. The first-order valence-electron chi connectivity index (χ1n) is 10.8. The van der Waals surface area contributed by atoms with Crippen LogP contribution in [0.4, 0.5) is 4.79 Å². The molecular formula is C24H37ClN2O4. The molecule has 0 aliphatic carbocycles. The standard InChI is InChI=1S/C24H37ClN2O4/c1-16(2)19(26(8)21(29)31-22(3,4)5)20(28)27-14-13-24(30,23(6,7)15-27)17-9-11-18(25)12-10-17/h9-12,16,19,30H,13-15H2,1-8H3. The number of likely N-dealkylation sites (N-methyl/N-ethyl adjacent to an activating group) is 1. The number of benzene rings is 1. The average molecular weight is 453 g/mol. The topological polar surface area (TPSA) is 70.1 Å². The third-order valence-electron chi connectivity index (χ3n) is 6.07. The predicted molar refractivity (Wildman–Crippen MR) is 123 cm³/mol. The van der Waals surface area contributed by atoms with Gasteiger partial charge in [0.15, 0.2) is 0 Å². The number of halogens is 1. The molecular weight excluding hydrogens is 416 g/mol. The monoisotopic (exact) mass is 452 g/mol. The van der Waals surface area contributed by atoms with Crippen LogP contribution in [0, 0.1) is 11.3 Å². The number of nitrogens with zero attached hydrogens (tertiary/aromatic N) is 2. The normalized spacial score (nSPS) is 22.2. The molecule has 6 nitrogen and oxygen atoms in total. The van der Waals surface area contributed by atoms with E-state index in [2.05, 4.69) is 0 Å². The van der Waals surface area contributed by atoms with Gasteiger partial charge in [0, 0.05) is 30.6 Å². The largest absolute Gasteiger partial charge is 0.444 e. The Labute approximate surface area is 191 Å². The van der Waals surface area contributed by atoms with Crippen molar-refractivity contribution in [1.29, 1.82) is 0 Å². The van der Waals surface area contributed by atoms with Crippen LogP contribution in [-0.4, -0.2) is 58.7 Å². The second kappa shape index (κ2) is 8.99. The summed E-state index contributed by atoms with van der Waals surface area (Å²) < 4.78 is 5.48. The van der Waals surface area contributed by atoms with Crippen molar-refractivity contribution >= 4 is 23.6 Å². The van der Waals surface area contributed by atoms with Crippen LogP contribution in [0.2, 0.25) is 5.02 Å². The zero-order valence-electron chi connectivity index (χ0n) is 20.0. The van der Waals surface area contributed by atoms with Crippen molar-refractivity contribution in [3.8, 4) is 0 Å². The first-order chi connectivity index (χ1) is 14.1. The molecule has 174 valence electrons. The van der Waals surface area contributed by atoms with Gasteiger partial charge in [-0.05, 0) is 50.8 Å². The molecule has 0 bridgehead atoms. The maximum Gasteiger partial charge on any atom is 0.410 e. The Hall–Kier alpha value is -1.79. The van der Waals surface area contributed by atoms with Crippen molar-refractivity contribution in [2.24, 2.45) is 11.3 Å². The minimum absolute atomic E-state index is 0.0924. The molecule has 1 aromatic rings. The van der Waals surface area contributed by atoms with Gasteiger partial charge in [-0.1, -0.05) is 51.4 Å². The molecule has 1 aliphatic heterocycles. The van der Waals surface area contributed by atoms with E-state index in [9.17, 15) is 14.7 Å². The highest BCUT2D eigenvalue weighted by molar-refractivity contribution is 6.30. The number of ether oxygens (including phenoxy) is 1. The van der Waals surface area contributed by atoms with Gasteiger partial charge in [0.1, 0.15) is 11.6 Å². The molecule has 31 heavy (non-hydrogen) atoms. The van der Waals surface area contributed by atoms with E-state index in [1.807, 2.05) is 39.8 Å². The number of carbonyl (C=O) groups is 2. The molecule has 2 atom stereocenters. The fraction of sp³-hybridized carbons (Fsp3) is 0.667. The van der Waals surface area contributed by atoms with E-state index in [-0.39, 0.29) is 11.8 Å². The molecule has 2 unspecified atom stereocenters. The third kappa shape index (κ3) is 5.53. The van der Waals surface area contributed by atoms with Crippen LogP contribution in [0.5, 0.6) is 0 Å². The van der Waals surface area contributed by atoms with Crippen molar-refractivity contribution in [2.75, 3.05) is 20.1 Å². The Morgan fingerprint density at radius 3 is 2.19 bits per heavy atom. The van der Waals surface area contributed by atoms with E-state index in [1.165, 1.54) is 4.90 Å². The lowest BCUT2D eigenvalue weighted by atomic mass is 9.66. The number of amides is 2. The van der Waals surface area contributed by atoms with E-state index in [0.29, 0.717) is 24.5 Å². The van der Waals surface area contributed by atoms with Crippen LogP contribution in [0.15, 0.2) is 24.3 Å². The van der Waals surface area contributed by atoms with Gasteiger partial charge < -0.3 is 14.7 Å². The maximum atomic E-state index is 13.5. The quantitative estimate of drug-likeness (QED) is 0.720. The predicted octanol–water partition coefficient (Wildman–Crippen LogP) is 4.68. The van der Waals surface area contributed by atoms with E-state index in [1.54, 1.807) is 44.9 Å². The Bertz CT molecular complexity index is 801. The molecule has 1 saturated heterocycles. The van der Waals surface area contributed by atoms with Gasteiger partial charge in [-0.25, -0.2) is 4.79 Å². The summed E-state index contributed by atoms with van der Waals surface area (Å²) in [5.41, 5.74) is -1.53. The van der Waals surface area contributed by atoms with Crippen molar-refractivity contribution < 1.29 is 19.4 Å². The SMILES string of the molecule is CC(C)C(C(=O)N1CCC(O)(c2ccc(Cl)cc2)C(C)(C)C1)N(C)C(=O)OC(C)(C)C. The zero-order valence-corrected chi connectivity index (χ0v) is 20.8. The van der Waals surface area contributed by atoms with Gasteiger partial charge in [-0.2, -0.15) is 0 Å². The van der Waals surface area contributed by atoms with Crippen molar-refractivity contribution in [2.45, 2.75) is 72.1 Å². The smallest absolute Gasteiger partial charge is 0.410 e. The highest BCUT2D eigenvalue weighted by atomic mass is 35.5. The fourth-order valence-corrected chi connectivity index (χ4v) is 4.43.